The summed E-state index contributed by atoms with van der Waals surface area (Å²) in [5.41, 5.74) is 8.53. The van der Waals surface area contributed by atoms with Gasteiger partial charge in [-0.2, -0.15) is 0 Å². The largest absolute Gasteiger partial charge is 0.449 e. The zero-order chi connectivity index (χ0) is 35.3. The first-order valence-corrected chi connectivity index (χ1v) is 17.3. The lowest BCUT2D eigenvalue weighted by Crippen LogP contribution is -2.27. The second-order valence-corrected chi connectivity index (χ2v) is 12.9. The lowest BCUT2D eigenvalue weighted by molar-refractivity contribution is 0.0953. The van der Waals surface area contributed by atoms with Crippen LogP contribution in [0.15, 0.2) is 103 Å². The Morgan fingerprint density at radius 3 is 2.14 bits per heavy atom. The summed E-state index contributed by atoms with van der Waals surface area (Å²) in [4.78, 5) is 39.0. The van der Waals surface area contributed by atoms with E-state index in [9.17, 15) is 23.2 Å². The van der Waals surface area contributed by atoms with Crippen molar-refractivity contribution in [3.05, 3.63) is 154 Å². The summed E-state index contributed by atoms with van der Waals surface area (Å²) in [6.45, 7) is 1.20. The van der Waals surface area contributed by atoms with Crippen LogP contribution in [-0.4, -0.2) is 37.5 Å². The van der Waals surface area contributed by atoms with E-state index in [0.29, 0.717) is 48.3 Å². The number of nitrogens with one attached hydrogen (secondary N) is 3. The Hall–Kier alpha value is -5.83. The predicted molar refractivity (Wildman–Crippen MR) is 193 cm³/mol. The summed E-state index contributed by atoms with van der Waals surface area (Å²) in [5, 5.41) is 8.73. The summed E-state index contributed by atoms with van der Waals surface area (Å²) in [6.07, 6.45) is 3.03. The van der Waals surface area contributed by atoms with Gasteiger partial charge in [0.2, 0.25) is 0 Å². The Balaban J connectivity index is 0.850. The normalized spacial score (nSPS) is 12.9. The van der Waals surface area contributed by atoms with Crippen LogP contribution in [0.2, 0.25) is 0 Å². The fourth-order valence-electron chi connectivity index (χ4n) is 6.98. The molecule has 0 saturated carbocycles. The van der Waals surface area contributed by atoms with Crippen molar-refractivity contribution in [1.29, 1.82) is 0 Å². The van der Waals surface area contributed by atoms with Crippen molar-refractivity contribution in [1.82, 2.24) is 10.6 Å². The molecule has 51 heavy (non-hydrogen) atoms. The number of hydrogen-bond acceptors (Lipinski definition) is 5. The van der Waals surface area contributed by atoms with Crippen molar-refractivity contribution < 1.29 is 27.9 Å². The molecule has 0 atom stereocenters. The van der Waals surface area contributed by atoms with Crippen LogP contribution in [-0.2, 0) is 17.6 Å². The first-order chi connectivity index (χ1) is 24.9. The monoisotopic (exact) mass is 685 g/mol. The van der Waals surface area contributed by atoms with Gasteiger partial charge in [0.1, 0.15) is 18.2 Å². The quantitative estimate of drug-likeness (QED) is 0.121. The van der Waals surface area contributed by atoms with Gasteiger partial charge in [0.25, 0.3) is 5.91 Å². The van der Waals surface area contributed by atoms with Crippen molar-refractivity contribution in [2.75, 3.05) is 25.0 Å². The van der Waals surface area contributed by atoms with E-state index in [1.165, 1.54) is 34.4 Å². The maximum Gasteiger partial charge on any atom is 0.407 e. The molecule has 0 aliphatic heterocycles. The average molecular weight is 686 g/mol. The van der Waals surface area contributed by atoms with E-state index in [0.717, 1.165) is 36.5 Å². The number of anilines is 2. The summed E-state index contributed by atoms with van der Waals surface area (Å²) in [6, 6.07) is 30.2. The molecule has 2 aliphatic carbocycles. The van der Waals surface area contributed by atoms with E-state index in [4.69, 9.17) is 4.74 Å². The number of rotatable bonds is 11. The number of unbranched alkanes of at least 4 members (excludes halogenated alkanes) is 2. The number of carbonyl (C=O) groups excluding carboxylic acids is 3. The lowest BCUT2D eigenvalue weighted by Gasteiger charge is -2.14. The van der Waals surface area contributed by atoms with Crippen LogP contribution in [0.4, 0.5) is 25.0 Å². The van der Waals surface area contributed by atoms with E-state index in [2.05, 4.69) is 40.2 Å². The fraction of sp³-hybridized carbons (Fsp3) is 0.214. The van der Waals surface area contributed by atoms with Gasteiger partial charge in [0.15, 0.2) is 5.78 Å². The first-order valence-electron chi connectivity index (χ1n) is 17.3. The number of amides is 2. The van der Waals surface area contributed by atoms with Gasteiger partial charge in [-0.25, -0.2) is 13.6 Å². The summed E-state index contributed by atoms with van der Waals surface area (Å²) in [5.74, 6) is -1.78. The van der Waals surface area contributed by atoms with E-state index in [1.54, 1.807) is 24.3 Å². The Kier molecular flexibility index (Phi) is 9.88. The number of aryl methyl sites for hydroxylation is 2. The Morgan fingerprint density at radius 2 is 1.39 bits per heavy atom. The van der Waals surface area contributed by atoms with Crippen LogP contribution in [0.25, 0.3) is 11.1 Å². The molecule has 0 spiro atoms. The fourth-order valence-corrected chi connectivity index (χ4v) is 6.98. The number of fused-ring (bicyclic) bond motifs is 5. The molecule has 0 saturated heterocycles. The van der Waals surface area contributed by atoms with E-state index in [1.807, 2.05) is 36.4 Å². The number of benzene rings is 5. The SMILES string of the molecule is O=C(NCCCCCNC(=O)c1ccc2c(c1)C(=O)c1ccc(Nc3ccc(F)cc3F)cc1CC2)OCC1c2ccccc2-c2ccccc21. The number of hydrogen-bond donors (Lipinski definition) is 3. The van der Waals surface area contributed by atoms with E-state index < -0.39 is 17.7 Å². The van der Waals surface area contributed by atoms with Crippen molar-refractivity contribution >= 4 is 29.2 Å². The van der Waals surface area contributed by atoms with Crippen LogP contribution in [0.5, 0.6) is 0 Å². The minimum absolute atomic E-state index is 0.0132. The van der Waals surface area contributed by atoms with E-state index >= 15 is 0 Å². The Morgan fingerprint density at radius 1 is 0.686 bits per heavy atom. The molecule has 5 aromatic carbocycles. The molecule has 0 radical (unpaired) electrons. The molecule has 5 aromatic rings. The predicted octanol–water partition coefficient (Wildman–Crippen LogP) is 8.48. The molecule has 9 heteroatoms. The zero-order valence-corrected chi connectivity index (χ0v) is 27.9. The van der Waals surface area contributed by atoms with Gasteiger partial charge < -0.3 is 20.7 Å². The van der Waals surface area contributed by atoms with Gasteiger partial charge in [-0.15, -0.1) is 0 Å². The molecule has 0 fully saturated rings. The second-order valence-electron chi connectivity index (χ2n) is 12.9. The number of ether oxygens (including phenoxy) is 1. The molecular formula is C42H37F2N3O4. The molecule has 3 N–H and O–H groups in total. The van der Waals surface area contributed by atoms with E-state index in [-0.39, 0.29) is 29.9 Å². The third-order valence-corrected chi connectivity index (χ3v) is 9.59. The van der Waals surface area contributed by atoms with Crippen LogP contribution < -0.4 is 16.0 Å². The molecule has 0 heterocycles. The van der Waals surface area contributed by atoms with Crippen LogP contribution >= 0.6 is 0 Å². The van der Waals surface area contributed by atoms with Gasteiger partial charge in [-0.05, 0) is 108 Å². The maximum atomic E-state index is 14.2. The molecule has 2 aliphatic rings. The third kappa shape index (κ3) is 7.38. The maximum absolute atomic E-state index is 14.2. The molecule has 0 aromatic heterocycles. The topological polar surface area (TPSA) is 96.5 Å². The van der Waals surface area contributed by atoms with Gasteiger partial charge in [0, 0.05) is 47.5 Å². The van der Waals surface area contributed by atoms with Crippen molar-refractivity contribution in [3.8, 4) is 11.1 Å². The zero-order valence-electron chi connectivity index (χ0n) is 27.9. The third-order valence-electron chi connectivity index (χ3n) is 9.59. The Bertz CT molecular complexity index is 2090. The minimum atomic E-state index is -0.706. The van der Waals surface area contributed by atoms with Crippen molar-refractivity contribution in [3.63, 3.8) is 0 Å². The highest BCUT2D eigenvalue weighted by Crippen LogP contribution is 2.44. The molecular weight excluding hydrogens is 648 g/mol. The standard InChI is InChI=1S/C42H37F2N3O4/c43-29-16-19-39(38(44)24-29)47-30-17-18-31-27(22-30)14-12-26-13-15-28(23-36(26)40(31)48)41(49)45-20-6-1-7-21-46-42(50)51-25-37-34-10-4-2-8-32(34)33-9-3-5-11-35(33)37/h2-5,8-11,13,15-19,22-24,37,47H,1,6-7,12,14,20-21,25H2,(H,45,49)(H,46,50). The molecule has 7 rings (SSSR count). The average Bonchev–Trinajstić information content (AvgIpc) is 3.39. The highest BCUT2D eigenvalue weighted by Gasteiger charge is 2.29. The van der Waals surface area contributed by atoms with Gasteiger partial charge >= 0.3 is 6.09 Å². The number of ketones is 1. The molecule has 258 valence electrons. The smallest absolute Gasteiger partial charge is 0.407 e. The van der Waals surface area contributed by atoms with Gasteiger partial charge in [-0.1, -0.05) is 54.6 Å². The highest BCUT2D eigenvalue weighted by atomic mass is 19.1. The number of carbonyl (C=O) groups is 3. The minimum Gasteiger partial charge on any atom is -0.449 e. The highest BCUT2D eigenvalue weighted by molar-refractivity contribution is 6.12. The molecule has 0 bridgehead atoms. The van der Waals surface area contributed by atoms with Crippen molar-refractivity contribution in [2.45, 2.75) is 38.0 Å². The molecule has 7 nitrogen and oxygen atoms in total. The van der Waals surface area contributed by atoms with Gasteiger partial charge in [-0.3, -0.25) is 9.59 Å². The van der Waals surface area contributed by atoms with Crippen LogP contribution in [0, 0.1) is 11.6 Å². The summed E-state index contributed by atoms with van der Waals surface area (Å²) >= 11 is 0. The second kappa shape index (κ2) is 15.0. The molecule has 0 unspecified atom stereocenters. The first kappa shape index (κ1) is 33.7. The lowest BCUT2D eigenvalue weighted by atomic mass is 9.96. The molecule has 2 amide bonds. The summed E-state index contributed by atoms with van der Waals surface area (Å²) in [7, 11) is 0. The summed E-state index contributed by atoms with van der Waals surface area (Å²) < 4.78 is 33.1. The Labute approximate surface area is 295 Å². The van der Waals surface area contributed by atoms with Gasteiger partial charge in [0.05, 0.1) is 5.69 Å². The number of alkyl carbamates (subject to hydrolysis) is 1. The van der Waals surface area contributed by atoms with Crippen LogP contribution in [0.1, 0.15) is 73.7 Å². The number of halogens is 2. The van der Waals surface area contributed by atoms with Crippen molar-refractivity contribution in [2.24, 2.45) is 0 Å². The van der Waals surface area contributed by atoms with Crippen LogP contribution in [0.3, 0.4) is 0 Å².